The Balaban J connectivity index is 0.00000277. The van der Waals surface area contributed by atoms with Gasteiger partial charge in [0.25, 0.3) is 0 Å². The number of nitrogens with zero attached hydrogens (tertiary/aromatic N) is 5. The quantitative estimate of drug-likeness (QED) is 0.178. The minimum absolute atomic E-state index is 0. The Hall–Kier alpha value is -4.59. The first kappa shape index (κ1) is 24.7. The van der Waals surface area contributed by atoms with Crippen molar-refractivity contribution in [3.63, 3.8) is 0 Å². The molecule has 7 heteroatoms. The van der Waals surface area contributed by atoms with Gasteiger partial charge in [0.05, 0.1) is 12.3 Å². The summed E-state index contributed by atoms with van der Waals surface area (Å²) in [5, 5.41) is 2.18. The van der Waals surface area contributed by atoms with Crippen molar-refractivity contribution in [1.82, 2.24) is 9.55 Å². The SMILES string of the molecule is [C-]#[N+]c1cc(Oc2[c-]c3c(cc2)c2ccccc2n3-c2ccccn2)[c-]c(N2[CH-]N(C)c3ccccc32)c1.[Pt]. The number of benzene rings is 4. The second-order valence-corrected chi connectivity index (χ2v) is 9.01. The molecule has 7 rings (SSSR count). The molecule has 0 unspecified atom stereocenters. The Kier molecular flexibility index (Phi) is 6.30. The zero-order valence-corrected chi connectivity index (χ0v) is 23.0. The van der Waals surface area contributed by atoms with Gasteiger partial charge in [0.15, 0.2) is 0 Å². The molecule has 0 amide bonds. The van der Waals surface area contributed by atoms with Crippen molar-refractivity contribution in [3.05, 3.63) is 127 Å². The summed E-state index contributed by atoms with van der Waals surface area (Å²) in [6, 6.07) is 36.5. The van der Waals surface area contributed by atoms with Crippen LogP contribution in [0.4, 0.5) is 22.7 Å². The van der Waals surface area contributed by atoms with E-state index in [0.717, 1.165) is 44.7 Å². The van der Waals surface area contributed by atoms with Crippen molar-refractivity contribution < 1.29 is 25.8 Å². The molecule has 0 atom stereocenters. The van der Waals surface area contributed by atoms with Crippen molar-refractivity contribution in [2.24, 2.45) is 0 Å². The van der Waals surface area contributed by atoms with E-state index in [2.05, 4.69) is 44.7 Å². The Labute approximate surface area is 240 Å². The molecule has 3 heterocycles. The van der Waals surface area contributed by atoms with Gasteiger partial charge in [-0.1, -0.05) is 41.9 Å². The smallest absolute Gasteiger partial charge is 0.135 e. The zero-order valence-electron chi connectivity index (χ0n) is 20.8. The number of aromatic nitrogens is 2. The van der Waals surface area contributed by atoms with E-state index in [9.17, 15) is 0 Å². The number of hydrogen-bond acceptors (Lipinski definition) is 4. The monoisotopic (exact) mass is 685 g/mol. The van der Waals surface area contributed by atoms with Gasteiger partial charge in [-0.2, -0.15) is 12.7 Å². The fraction of sp³-hybridized carbons (Fsp3) is 0.0312. The van der Waals surface area contributed by atoms with Crippen LogP contribution < -0.4 is 14.5 Å². The molecule has 0 spiro atoms. The molecule has 6 nitrogen and oxygen atoms in total. The van der Waals surface area contributed by atoms with Gasteiger partial charge in [0.1, 0.15) is 5.82 Å². The van der Waals surface area contributed by atoms with Gasteiger partial charge in [0.2, 0.25) is 0 Å². The number of para-hydroxylation sites is 3. The number of hydrogen-bond donors (Lipinski definition) is 0. The average molecular weight is 686 g/mol. The summed E-state index contributed by atoms with van der Waals surface area (Å²) in [5.74, 6) is 1.79. The maximum absolute atomic E-state index is 7.66. The fourth-order valence-electron chi connectivity index (χ4n) is 5.00. The molecule has 0 saturated carbocycles. The van der Waals surface area contributed by atoms with Gasteiger partial charge in [-0.3, -0.25) is 4.85 Å². The predicted molar refractivity (Wildman–Crippen MR) is 150 cm³/mol. The van der Waals surface area contributed by atoms with Crippen molar-refractivity contribution in [2.75, 3.05) is 16.8 Å². The van der Waals surface area contributed by atoms with Crippen LogP contribution in [0, 0.1) is 25.4 Å². The first-order valence-electron chi connectivity index (χ1n) is 12.2. The normalized spacial score (nSPS) is 12.3. The average Bonchev–Trinajstić information content (AvgIpc) is 3.48. The minimum atomic E-state index is 0. The van der Waals surface area contributed by atoms with E-state index in [1.807, 2.05) is 90.2 Å². The number of rotatable bonds is 4. The first-order valence-corrected chi connectivity index (χ1v) is 12.2. The molecule has 0 fully saturated rings. The van der Waals surface area contributed by atoms with E-state index in [0.29, 0.717) is 17.2 Å². The number of ether oxygens (including phenoxy) is 1. The molecule has 1 aliphatic heterocycles. The van der Waals surface area contributed by atoms with Crippen LogP contribution in [0.5, 0.6) is 11.5 Å². The van der Waals surface area contributed by atoms with Crippen LogP contribution >= 0.6 is 0 Å². The zero-order chi connectivity index (χ0) is 25.6. The molecule has 0 saturated heterocycles. The molecule has 4 aromatic carbocycles. The third-order valence-corrected chi connectivity index (χ3v) is 6.67. The Morgan fingerprint density at radius 1 is 0.846 bits per heavy atom. The van der Waals surface area contributed by atoms with E-state index < -0.39 is 0 Å². The summed E-state index contributed by atoms with van der Waals surface area (Å²) in [6.45, 7) is 9.65. The van der Waals surface area contributed by atoms with E-state index in [-0.39, 0.29) is 21.1 Å². The second kappa shape index (κ2) is 9.94. The summed E-state index contributed by atoms with van der Waals surface area (Å²) in [6.07, 6.45) is 1.79. The Morgan fingerprint density at radius 2 is 1.64 bits per heavy atom. The van der Waals surface area contributed by atoms with Crippen molar-refractivity contribution in [2.45, 2.75) is 0 Å². The van der Waals surface area contributed by atoms with Crippen LogP contribution in [0.2, 0.25) is 0 Å². The number of anilines is 3. The first-order chi connectivity index (χ1) is 18.7. The summed E-state index contributed by atoms with van der Waals surface area (Å²) in [5.41, 5.74) is 5.22. The minimum Gasteiger partial charge on any atom is -0.510 e. The van der Waals surface area contributed by atoms with E-state index in [1.165, 1.54) is 0 Å². The van der Waals surface area contributed by atoms with E-state index in [1.54, 1.807) is 12.3 Å². The van der Waals surface area contributed by atoms with Crippen LogP contribution in [-0.4, -0.2) is 16.6 Å². The summed E-state index contributed by atoms with van der Waals surface area (Å²) < 4.78 is 8.38. The number of fused-ring (bicyclic) bond motifs is 4. The summed E-state index contributed by atoms with van der Waals surface area (Å²) >= 11 is 0. The molecule has 1 aliphatic rings. The molecule has 192 valence electrons. The number of pyridine rings is 1. The van der Waals surface area contributed by atoms with Crippen molar-refractivity contribution in [3.8, 4) is 17.3 Å². The van der Waals surface area contributed by atoms with Crippen LogP contribution in [0.1, 0.15) is 0 Å². The van der Waals surface area contributed by atoms with Crippen LogP contribution in [0.3, 0.4) is 0 Å². The molecule has 0 N–H and O–H groups in total. The predicted octanol–water partition coefficient (Wildman–Crippen LogP) is 7.83. The Morgan fingerprint density at radius 3 is 2.46 bits per heavy atom. The van der Waals surface area contributed by atoms with Gasteiger partial charge < -0.3 is 19.1 Å². The molecule has 0 radical (unpaired) electrons. The molecule has 0 bridgehead atoms. The fourth-order valence-corrected chi connectivity index (χ4v) is 5.00. The van der Waals surface area contributed by atoms with E-state index >= 15 is 0 Å². The van der Waals surface area contributed by atoms with Gasteiger partial charge in [-0.15, -0.1) is 41.4 Å². The van der Waals surface area contributed by atoms with Crippen LogP contribution in [0.15, 0.2) is 97.2 Å². The molecule has 39 heavy (non-hydrogen) atoms. The topological polar surface area (TPSA) is 37.9 Å². The van der Waals surface area contributed by atoms with Crippen molar-refractivity contribution in [1.29, 1.82) is 0 Å². The van der Waals surface area contributed by atoms with Gasteiger partial charge in [-0.25, -0.2) is 4.98 Å². The molecular formula is C32H20N5OPt-3. The summed E-state index contributed by atoms with van der Waals surface area (Å²) in [4.78, 5) is 12.3. The van der Waals surface area contributed by atoms with Crippen molar-refractivity contribution >= 4 is 44.6 Å². The van der Waals surface area contributed by atoms with Gasteiger partial charge in [-0.05, 0) is 42.8 Å². The summed E-state index contributed by atoms with van der Waals surface area (Å²) in [7, 11) is 2.00. The molecule has 0 aliphatic carbocycles. The third-order valence-electron chi connectivity index (χ3n) is 6.67. The molecule has 6 aromatic rings. The van der Waals surface area contributed by atoms with Gasteiger partial charge >= 0.3 is 0 Å². The maximum Gasteiger partial charge on any atom is 0.135 e. The van der Waals surface area contributed by atoms with Crippen LogP contribution in [0.25, 0.3) is 32.5 Å². The standard InChI is InChI=1S/C32H20N5O.Pt/c1-33-22-17-23(36-21-35(2)29-11-5-6-12-30(29)36)19-25(18-22)38-24-14-15-27-26-9-3-4-10-28(26)37(31(27)20-24)32-13-7-8-16-34-32;/h3-18,21H,2H3;/q-3;. The Bertz CT molecular complexity index is 1880. The third kappa shape index (κ3) is 4.22. The molecular weight excluding hydrogens is 665 g/mol. The van der Waals surface area contributed by atoms with Gasteiger partial charge in [0, 0.05) is 55.7 Å². The molecule has 2 aromatic heterocycles. The largest absolute Gasteiger partial charge is 0.510 e. The second-order valence-electron chi connectivity index (χ2n) is 9.01. The maximum atomic E-state index is 7.66. The van der Waals surface area contributed by atoms with Crippen LogP contribution in [-0.2, 0) is 21.1 Å². The van der Waals surface area contributed by atoms with E-state index in [4.69, 9.17) is 11.3 Å².